The molecule has 0 radical (unpaired) electrons. The molecule has 0 fully saturated rings. The second-order valence-corrected chi connectivity index (χ2v) is 3.95. The first-order chi connectivity index (χ1) is 8.17. The Morgan fingerprint density at radius 1 is 1.47 bits per heavy atom. The second kappa shape index (κ2) is 6.69. The number of nitriles is 1. The van der Waals surface area contributed by atoms with Crippen molar-refractivity contribution in [1.29, 1.82) is 5.26 Å². The van der Waals surface area contributed by atoms with Gasteiger partial charge >= 0.3 is 0 Å². The van der Waals surface area contributed by atoms with Crippen LogP contribution >= 0.6 is 0 Å². The number of nitrogens with zero attached hydrogens (tertiary/aromatic N) is 4. The SMILES string of the molecule is CCCNc1nc(C)cc(N(C)CCC#N)n1. The Labute approximate surface area is 102 Å². The summed E-state index contributed by atoms with van der Waals surface area (Å²) >= 11 is 0. The molecule has 17 heavy (non-hydrogen) atoms. The minimum atomic E-state index is 0.497. The van der Waals surface area contributed by atoms with Crippen molar-refractivity contribution >= 4 is 11.8 Å². The van der Waals surface area contributed by atoms with E-state index in [0.717, 1.165) is 24.5 Å². The summed E-state index contributed by atoms with van der Waals surface area (Å²) in [4.78, 5) is 10.7. The monoisotopic (exact) mass is 233 g/mol. The van der Waals surface area contributed by atoms with E-state index in [9.17, 15) is 0 Å². The normalized spacial score (nSPS) is 9.76. The quantitative estimate of drug-likeness (QED) is 0.813. The van der Waals surface area contributed by atoms with E-state index in [-0.39, 0.29) is 0 Å². The topological polar surface area (TPSA) is 64.8 Å². The van der Waals surface area contributed by atoms with Crippen LogP contribution < -0.4 is 10.2 Å². The number of nitrogens with one attached hydrogen (secondary N) is 1. The van der Waals surface area contributed by atoms with Gasteiger partial charge in [-0.05, 0) is 13.3 Å². The Morgan fingerprint density at radius 3 is 2.88 bits per heavy atom. The van der Waals surface area contributed by atoms with Gasteiger partial charge in [-0.15, -0.1) is 0 Å². The Hall–Kier alpha value is -1.83. The smallest absolute Gasteiger partial charge is 0.224 e. The van der Waals surface area contributed by atoms with E-state index >= 15 is 0 Å². The predicted octanol–water partition coefficient (Wildman–Crippen LogP) is 1.96. The molecule has 0 spiro atoms. The van der Waals surface area contributed by atoms with Crippen LogP contribution in [0.5, 0.6) is 0 Å². The van der Waals surface area contributed by atoms with E-state index in [1.807, 2.05) is 24.9 Å². The van der Waals surface area contributed by atoms with Crippen LogP contribution in [-0.4, -0.2) is 30.1 Å². The summed E-state index contributed by atoms with van der Waals surface area (Å²) in [5.41, 5.74) is 0.928. The molecule has 0 saturated carbocycles. The molecule has 1 aromatic heterocycles. The summed E-state index contributed by atoms with van der Waals surface area (Å²) in [6, 6.07) is 4.06. The van der Waals surface area contributed by atoms with E-state index in [2.05, 4.69) is 28.3 Å². The molecule has 0 atom stereocenters. The lowest BCUT2D eigenvalue weighted by Gasteiger charge is -2.17. The third-order valence-corrected chi connectivity index (χ3v) is 2.32. The van der Waals surface area contributed by atoms with Crippen LogP contribution in [0.15, 0.2) is 6.07 Å². The van der Waals surface area contributed by atoms with Crippen LogP contribution in [0.1, 0.15) is 25.5 Å². The Kier molecular flexibility index (Phi) is 5.21. The maximum absolute atomic E-state index is 8.57. The molecular weight excluding hydrogens is 214 g/mol. The van der Waals surface area contributed by atoms with Crippen molar-refractivity contribution in [3.8, 4) is 6.07 Å². The molecular formula is C12H19N5. The summed E-state index contributed by atoms with van der Waals surface area (Å²) < 4.78 is 0. The van der Waals surface area contributed by atoms with Crippen LogP contribution in [0, 0.1) is 18.3 Å². The van der Waals surface area contributed by atoms with Gasteiger partial charge in [0.05, 0.1) is 12.5 Å². The van der Waals surface area contributed by atoms with Gasteiger partial charge in [0.2, 0.25) is 5.95 Å². The van der Waals surface area contributed by atoms with E-state index in [4.69, 9.17) is 5.26 Å². The Balaban J connectivity index is 2.77. The molecule has 1 rings (SSSR count). The molecule has 1 aromatic rings. The van der Waals surface area contributed by atoms with Gasteiger partial charge in [0.1, 0.15) is 5.82 Å². The van der Waals surface area contributed by atoms with Crippen molar-refractivity contribution in [3.05, 3.63) is 11.8 Å². The molecule has 5 nitrogen and oxygen atoms in total. The zero-order valence-corrected chi connectivity index (χ0v) is 10.7. The van der Waals surface area contributed by atoms with Crippen LogP contribution in [0.2, 0.25) is 0 Å². The zero-order valence-electron chi connectivity index (χ0n) is 10.7. The van der Waals surface area contributed by atoms with Gasteiger partial charge in [-0.3, -0.25) is 0 Å². The number of hydrogen-bond donors (Lipinski definition) is 1. The molecule has 0 unspecified atom stereocenters. The van der Waals surface area contributed by atoms with E-state index in [1.54, 1.807) is 0 Å². The second-order valence-electron chi connectivity index (χ2n) is 3.95. The fourth-order valence-corrected chi connectivity index (χ4v) is 1.40. The van der Waals surface area contributed by atoms with Gasteiger partial charge in [0.25, 0.3) is 0 Å². The standard InChI is InChI=1S/C12H19N5/c1-4-7-14-12-15-10(2)9-11(16-12)17(3)8-5-6-13/h9H,4-5,7-8H2,1-3H3,(H,14,15,16). The largest absolute Gasteiger partial charge is 0.358 e. The molecule has 5 heteroatoms. The van der Waals surface area contributed by atoms with Crippen LogP contribution in [0.4, 0.5) is 11.8 Å². The average Bonchev–Trinajstić information content (AvgIpc) is 2.32. The first-order valence-corrected chi connectivity index (χ1v) is 5.85. The predicted molar refractivity (Wildman–Crippen MR) is 69.0 cm³/mol. The van der Waals surface area contributed by atoms with Crippen molar-refractivity contribution in [1.82, 2.24) is 9.97 Å². The lowest BCUT2D eigenvalue weighted by atomic mass is 10.3. The highest BCUT2D eigenvalue weighted by molar-refractivity contribution is 5.44. The molecule has 0 aromatic carbocycles. The molecule has 0 bridgehead atoms. The first-order valence-electron chi connectivity index (χ1n) is 5.85. The van der Waals surface area contributed by atoms with E-state index in [0.29, 0.717) is 18.9 Å². The number of aryl methyl sites for hydroxylation is 1. The lowest BCUT2D eigenvalue weighted by Crippen LogP contribution is -2.20. The number of aromatic nitrogens is 2. The lowest BCUT2D eigenvalue weighted by molar-refractivity contribution is 0.870. The molecule has 0 amide bonds. The molecule has 92 valence electrons. The van der Waals surface area contributed by atoms with Crippen molar-refractivity contribution in [2.24, 2.45) is 0 Å². The third kappa shape index (κ3) is 4.27. The summed E-state index contributed by atoms with van der Waals surface area (Å²) in [6.45, 7) is 5.59. The summed E-state index contributed by atoms with van der Waals surface area (Å²) in [7, 11) is 1.93. The molecule has 0 aliphatic carbocycles. The summed E-state index contributed by atoms with van der Waals surface area (Å²) in [6.07, 6.45) is 1.54. The van der Waals surface area contributed by atoms with Crippen LogP contribution in [-0.2, 0) is 0 Å². The Bertz CT molecular complexity index is 396. The van der Waals surface area contributed by atoms with Gasteiger partial charge < -0.3 is 10.2 Å². The number of hydrogen-bond acceptors (Lipinski definition) is 5. The fourth-order valence-electron chi connectivity index (χ4n) is 1.40. The molecule has 0 saturated heterocycles. The minimum Gasteiger partial charge on any atom is -0.358 e. The van der Waals surface area contributed by atoms with Gasteiger partial charge in [0.15, 0.2) is 0 Å². The molecule has 1 N–H and O–H groups in total. The van der Waals surface area contributed by atoms with Gasteiger partial charge in [-0.1, -0.05) is 6.92 Å². The molecule has 1 heterocycles. The minimum absolute atomic E-state index is 0.497. The fraction of sp³-hybridized carbons (Fsp3) is 0.583. The van der Waals surface area contributed by atoms with Crippen LogP contribution in [0.25, 0.3) is 0 Å². The average molecular weight is 233 g/mol. The van der Waals surface area contributed by atoms with Gasteiger partial charge in [0, 0.05) is 31.9 Å². The maximum Gasteiger partial charge on any atom is 0.224 e. The third-order valence-electron chi connectivity index (χ3n) is 2.32. The zero-order chi connectivity index (χ0) is 12.7. The summed E-state index contributed by atoms with van der Waals surface area (Å²) in [5, 5.41) is 11.7. The highest BCUT2D eigenvalue weighted by atomic mass is 15.2. The first kappa shape index (κ1) is 13.2. The summed E-state index contributed by atoms with van der Waals surface area (Å²) in [5.74, 6) is 1.51. The van der Waals surface area contributed by atoms with E-state index < -0.39 is 0 Å². The number of anilines is 2. The van der Waals surface area contributed by atoms with Crippen molar-refractivity contribution in [3.63, 3.8) is 0 Å². The van der Waals surface area contributed by atoms with Crippen LogP contribution in [0.3, 0.4) is 0 Å². The molecule has 0 aliphatic rings. The molecule has 0 aliphatic heterocycles. The maximum atomic E-state index is 8.57. The van der Waals surface area contributed by atoms with E-state index in [1.165, 1.54) is 0 Å². The highest BCUT2D eigenvalue weighted by Crippen LogP contribution is 2.13. The van der Waals surface area contributed by atoms with Gasteiger partial charge in [-0.2, -0.15) is 10.2 Å². The highest BCUT2D eigenvalue weighted by Gasteiger charge is 2.06. The Morgan fingerprint density at radius 2 is 2.24 bits per heavy atom. The van der Waals surface area contributed by atoms with Crippen molar-refractivity contribution < 1.29 is 0 Å². The van der Waals surface area contributed by atoms with Crippen molar-refractivity contribution in [2.45, 2.75) is 26.7 Å². The van der Waals surface area contributed by atoms with Crippen molar-refractivity contribution in [2.75, 3.05) is 30.4 Å². The van der Waals surface area contributed by atoms with Gasteiger partial charge in [-0.25, -0.2) is 4.98 Å². The number of rotatable bonds is 6.